The smallest absolute Gasteiger partial charge is 0.256 e. The summed E-state index contributed by atoms with van der Waals surface area (Å²) in [6, 6.07) is 4.34. The Labute approximate surface area is 163 Å². The summed E-state index contributed by atoms with van der Waals surface area (Å²) in [7, 11) is 0. The maximum absolute atomic E-state index is 13.6. The van der Waals surface area contributed by atoms with Gasteiger partial charge in [-0.2, -0.15) is 0 Å². The second-order valence-electron chi connectivity index (χ2n) is 7.25. The van der Waals surface area contributed by atoms with Crippen molar-refractivity contribution < 1.29 is 13.9 Å². The van der Waals surface area contributed by atoms with Gasteiger partial charge in [0.25, 0.3) is 5.91 Å². The molecule has 1 saturated heterocycles. The first kappa shape index (κ1) is 18.7. The zero-order chi connectivity index (χ0) is 19.7. The third kappa shape index (κ3) is 3.68. The van der Waals surface area contributed by atoms with E-state index in [0.717, 1.165) is 62.0 Å². The number of benzene rings is 1. The summed E-state index contributed by atoms with van der Waals surface area (Å²) < 4.78 is 19.0. The molecule has 3 heterocycles. The van der Waals surface area contributed by atoms with Crippen molar-refractivity contribution in [2.45, 2.75) is 13.8 Å². The molecule has 28 heavy (non-hydrogen) atoms. The molecule has 1 fully saturated rings. The van der Waals surface area contributed by atoms with Gasteiger partial charge >= 0.3 is 0 Å². The monoisotopic (exact) mass is 384 g/mol. The average molecular weight is 384 g/mol. The molecule has 0 spiro atoms. The van der Waals surface area contributed by atoms with Crippen molar-refractivity contribution in [3.8, 4) is 0 Å². The summed E-state index contributed by atoms with van der Waals surface area (Å²) >= 11 is 0. The number of H-pyrrole nitrogens is 1. The van der Waals surface area contributed by atoms with Crippen LogP contribution in [0, 0.1) is 19.7 Å². The van der Waals surface area contributed by atoms with Crippen molar-refractivity contribution in [1.29, 1.82) is 0 Å². The molecule has 1 amide bonds. The number of ether oxygens (including phenoxy) is 1. The summed E-state index contributed by atoms with van der Waals surface area (Å²) in [6.45, 7) is 9.35. The Bertz CT molecular complexity index is 929. The lowest BCUT2D eigenvalue weighted by Crippen LogP contribution is -2.39. The van der Waals surface area contributed by atoms with Gasteiger partial charge in [0, 0.05) is 48.8 Å². The SMILES string of the molecule is Cc1[nH]c(/C=C2\C(=O)Nc3ccc(F)cc32)c(C)c1NCCN1CCOCC1. The number of aryl methyl sites for hydroxylation is 1. The maximum atomic E-state index is 13.6. The Kier molecular flexibility index (Phi) is 5.19. The molecule has 2 aliphatic heterocycles. The molecule has 6 nitrogen and oxygen atoms in total. The van der Waals surface area contributed by atoms with Crippen molar-refractivity contribution in [2.24, 2.45) is 0 Å². The number of carbonyl (C=O) groups excluding carboxylic acids is 1. The fourth-order valence-electron chi connectivity index (χ4n) is 3.80. The van der Waals surface area contributed by atoms with Gasteiger partial charge in [0.1, 0.15) is 5.82 Å². The molecule has 148 valence electrons. The van der Waals surface area contributed by atoms with Crippen LogP contribution >= 0.6 is 0 Å². The third-order valence-electron chi connectivity index (χ3n) is 5.36. The van der Waals surface area contributed by atoms with Crippen LogP contribution in [0.4, 0.5) is 15.8 Å². The van der Waals surface area contributed by atoms with Gasteiger partial charge < -0.3 is 20.4 Å². The van der Waals surface area contributed by atoms with Crippen molar-refractivity contribution in [2.75, 3.05) is 50.0 Å². The van der Waals surface area contributed by atoms with Crippen molar-refractivity contribution >= 4 is 28.9 Å². The molecule has 3 N–H and O–H groups in total. The Morgan fingerprint density at radius 3 is 2.86 bits per heavy atom. The van der Waals surface area contributed by atoms with E-state index in [1.807, 2.05) is 13.8 Å². The highest BCUT2D eigenvalue weighted by Gasteiger charge is 2.25. The number of rotatable bonds is 5. The lowest BCUT2D eigenvalue weighted by atomic mass is 10.0. The average Bonchev–Trinajstić information content (AvgIpc) is 3.13. The van der Waals surface area contributed by atoms with E-state index in [-0.39, 0.29) is 11.7 Å². The molecule has 0 radical (unpaired) electrons. The van der Waals surface area contributed by atoms with Gasteiger partial charge in [-0.1, -0.05) is 0 Å². The van der Waals surface area contributed by atoms with Crippen LogP contribution in [-0.2, 0) is 9.53 Å². The van der Waals surface area contributed by atoms with E-state index in [0.29, 0.717) is 16.8 Å². The molecule has 0 aliphatic carbocycles. The standard InChI is InChI=1S/C21H25FN4O2/c1-13-19(12-17-16-11-15(22)3-4-18(16)25-21(17)27)24-14(2)20(13)23-5-6-26-7-9-28-10-8-26/h3-4,11-12,23-24H,5-10H2,1-2H3,(H,25,27)/b17-12-. The normalized spacial score (nSPS) is 18.4. The van der Waals surface area contributed by atoms with Gasteiger partial charge in [0.15, 0.2) is 0 Å². The van der Waals surface area contributed by atoms with Crippen LogP contribution < -0.4 is 10.6 Å². The van der Waals surface area contributed by atoms with Gasteiger partial charge in [-0.25, -0.2) is 4.39 Å². The molecule has 0 unspecified atom stereocenters. The van der Waals surface area contributed by atoms with Crippen LogP contribution in [0.5, 0.6) is 0 Å². The fraction of sp³-hybridized carbons (Fsp3) is 0.381. The molecule has 2 aliphatic rings. The minimum atomic E-state index is -0.356. The summed E-state index contributed by atoms with van der Waals surface area (Å²) in [5.41, 5.74) is 5.68. The highest BCUT2D eigenvalue weighted by atomic mass is 19.1. The van der Waals surface area contributed by atoms with Gasteiger partial charge in [0.2, 0.25) is 0 Å². The van der Waals surface area contributed by atoms with E-state index in [4.69, 9.17) is 4.74 Å². The van der Waals surface area contributed by atoms with Gasteiger partial charge in [-0.3, -0.25) is 9.69 Å². The largest absolute Gasteiger partial charge is 0.382 e. The van der Waals surface area contributed by atoms with Gasteiger partial charge in [0.05, 0.1) is 24.5 Å². The van der Waals surface area contributed by atoms with E-state index >= 15 is 0 Å². The molecule has 0 atom stereocenters. The topological polar surface area (TPSA) is 69.4 Å². The number of anilines is 2. The Morgan fingerprint density at radius 1 is 1.29 bits per heavy atom. The van der Waals surface area contributed by atoms with Crippen LogP contribution in [0.1, 0.15) is 22.5 Å². The summed E-state index contributed by atoms with van der Waals surface area (Å²) in [4.78, 5) is 18.1. The van der Waals surface area contributed by atoms with Gasteiger partial charge in [-0.15, -0.1) is 0 Å². The number of halogens is 1. The molecular formula is C21H25FN4O2. The minimum Gasteiger partial charge on any atom is -0.382 e. The fourth-order valence-corrected chi connectivity index (χ4v) is 3.80. The Morgan fingerprint density at radius 2 is 2.07 bits per heavy atom. The number of nitrogens with one attached hydrogen (secondary N) is 3. The van der Waals surface area contributed by atoms with Crippen molar-refractivity contribution in [3.63, 3.8) is 0 Å². The first-order valence-corrected chi connectivity index (χ1v) is 9.59. The highest BCUT2D eigenvalue weighted by Crippen LogP contribution is 2.35. The number of hydrogen-bond donors (Lipinski definition) is 3. The second kappa shape index (κ2) is 7.77. The number of carbonyl (C=O) groups is 1. The number of hydrogen-bond acceptors (Lipinski definition) is 4. The predicted octanol–water partition coefficient (Wildman–Crippen LogP) is 3.01. The Hall–Kier alpha value is -2.64. The van der Waals surface area contributed by atoms with E-state index in [1.165, 1.54) is 12.1 Å². The number of aromatic nitrogens is 1. The molecule has 7 heteroatoms. The van der Waals surface area contributed by atoms with Crippen LogP contribution in [0.3, 0.4) is 0 Å². The zero-order valence-electron chi connectivity index (χ0n) is 16.2. The van der Waals surface area contributed by atoms with Crippen LogP contribution in [-0.4, -0.2) is 55.2 Å². The number of amides is 1. The van der Waals surface area contributed by atoms with E-state index < -0.39 is 0 Å². The summed E-state index contributed by atoms with van der Waals surface area (Å²) in [5.74, 6) is -0.569. The molecule has 0 bridgehead atoms. The quantitative estimate of drug-likeness (QED) is 0.693. The van der Waals surface area contributed by atoms with Crippen LogP contribution in [0.15, 0.2) is 18.2 Å². The molecule has 4 rings (SSSR count). The van der Waals surface area contributed by atoms with Crippen molar-refractivity contribution in [3.05, 3.63) is 46.5 Å². The maximum Gasteiger partial charge on any atom is 0.256 e. The Balaban J connectivity index is 1.52. The van der Waals surface area contributed by atoms with E-state index in [2.05, 4.69) is 20.5 Å². The number of fused-ring (bicyclic) bond motifs is 1. The molecule has 0 saturated carbocycles. The molecule has 1 aromatic carbocycles. The minimum absolute atomic E-state index is 0.214. The zero-order valence-corrected chi connectivity index (χ0v) is 16.2. The molecule has 1 aromatic heterocycles. The second-order valence-corrected chi connectivity index (χ2v) is 7.25. The lowest BCUT2D eigenvalue weighted by molar-refractivity contribution is -0.110. The summed E-state index contributed by atoms with van der Waals surface area (Å²) in [6.07, 6.45) is 1.80. The lowest BCUT2D eigenvalue weighted by Gasteiger charge is -2.26. The summed E-state index contributed by atoms with van der Waals surface area (Å²) in [5, 5.41) is 6.30. The molecular weight excluding hydrogens is 359 g/mol. The van der Waals surface area contributed by atoms with Crippen LogP contribution in [0.2, 0.25) is 0 Å². The van der Waals surface area contributed by atoms with E-state index in [9.17, 15) is 9.18 Å². The number of morpholine rings is 1. The van der Waals surface area contributed by atoms with Crippen molar-refractivity contribution in [1.82, 2.24) is 9.88 Å². The predicted molar refractivity (Wildman–Crippen MR) is 109 cm³/mol. The number of nitrogens with zero attached hydrogens (tertiary/aromatic N) is 1. The highest BCUT2D eigenvalue weighted by molar-refractivity contribution is 6.34. The van der Waals surface area contributed by atoms with Crippen LogP contribution in [0.25, 0.3) is 11.6 Å². The first-order chi connectivity index (χ1) is 13.5. The third-order valence-corrected chi connectivity index (χ3v) is 5.36. The van der Waals surface area contributed by atoms with Gasteiger partial charge in [-0.05, 0) is 43.7 Å². The number of aromatic amines is 1. The first-order valence-electron chi connectivity index (χ1n) is 9.59. The molecule has 2 aromatic rings. The van der Waals surface area contributed by atoms with E-state index in [1.54, 1.807) is 12.1 Å².